The van der Waals surface area contributed by atoms with Gasteiger partial charge in [0.05, 0.1) is 17.3 Å². The molecule has 0 atom stereocenters. The van der Waals surface area contributed by atoms with Crippen molar-refractivity contribution in [3.63, 3.8) is 0 Å². The lowest BCUT2D eigenvalue weighted by Crippen LogP contribution is -2.36. The maximum absolute atomic E-state index is 12.7. The second kappa shape index (κ2) is 10.1. The van der Waals surface area contributed by atoms with Gasteiger partial charge in [-0.1, -0.05) is 47.1 Å². The molecule has 1 heterocycles. The summed E-state index contributed by atoms with van der Waals surface area (Å²) < 4.78 is 2.93. The third kappa shape index (κ3) is 5.69. The first-order chi connectivity index (χ1) is 13.3. The molecule has 1 aromatic heterocycles. The molecule has 0 aliphatic heterocycles. The minimum absolute atomic E-state index is 0.128. The minimum Gasteiger partial charge on any atom is -0.267 e. The van der Waals surface area contributed by atoms with Crippen LogP contribution in [0.1, 0.15) is 53.4 Å². The Bertz CT molecular complexity index is 1030. The van der Waals surface area contributed by atoms with Gasteiger partial charge in [0.15, 0.2) is 0 Å². The summed E-state index contributed by atoms with van der Waals surface area (Å²) in [5.74, 6) is 0. The van der Waals surface area contributed by atoms with Crippen molar-refractivity contribution in [3.8, 4) is 0 Å². The lowest BCUT2D eigenvalue weighted by molar-refractivity contribution is 0.509. The molecule has 1 aromatic carbocycles. The van der Waals surface area contributed by atoms with E-state index in [1.165, 1.54) is 26.1 Å². The number of aromatic nitrogens is 2. The molecule has 0 fully saturated rings. The van der Waals surface area contributed by atoms with Crippen LogP contribution < -0.4 is 11.1 Å². The molecule has 28 heavy (non-hydrogen) atoms. The molecule has 0 saturated heterocycles. The zero-order chi connectivity index (χ0) is 20.7. The Hall–Kier alpha value is -2.62. The van der Waals surface area contributed by atoms with Crippen LogP contribution in [-0.4, -0.2) is 9.36 Å². The lowest BCUT2D eigenvalue weighted by atomic mass is 10.1. The molecule has 0 aliphatic carbocycles. The third-order valence-corrected chi connectivity index (χ3v) is 5.01. The highest BCUT2D eigenvalue weighted by Gasteiger charge is 2.09. The van der Waals surface area contributed by atoms with E-state index in [0.717, 1.165) is 25.7 Å². The predicted octanol–water partition coefficient (Wildman–Crippen LogP) is 5.12. The molecule has 0 spiro atoms. The first-order valence-electron chi connectivity index (χ1n) is 9.94. The van der Waals surface area contributed by atoms with Crippen molar-refractivity contribution in [1.82, 2.24) is 9.36 Å². The Labute approximate surface area is 167 Å². The minimum atomic E-state index is -0.142. The average molecular weight is 381 g/mol. The highest BCUT2D eigenvalue weighted by molar-refractivity contribution is 5.80. The standard InChI is InChI=1S/C24H32N2O2/c1-18(2)10-8-11-19(3)12-9-13-20(4)16-17-26-24(28)22-15-7-6-14-21(22)23(27)25(26)5/h6-7,10,12,14-16H,8-9,11,13,17H2,1-5H3/b19-12+,20-16+. The van der Waals surface area contributed by atoms with Crippen molar-refractivity contribution >= 4 is 10.8 Å². The Morgan fingerprint density at radius 1 is 0.821 bits per heavy atom. The summed E-state index contributed by atoms with van der Waals surface area (Å²) in [4.78, 5) is 25.2. The monoisotopic (exact) mass is 380 g/mol. The SMILES string of the molecule is CC(C)=CCC/C(C)=C/CC/C(C)=C/Cn1c(=O)c2ccccc2c(=O)n1C. The van der Waals surface area contributed by atoms with Gasteiger partial charge in [0.25, 0.3) is 11.1 Å². The van der Waals surface area contributed by atoms with E-state index in [1.807, 2.05) is 6.08 Å². The Balaban J connectivity index is 2.05. The second-order valence-corrected chi connectivity index (χ2v) is 7.72. The maximum atomic E-state index is 12.7. The average Bonchev–Trinajstić information content (AvgIpc) is 2.66. The fraction of sp³-hybridized carbons (Fsp3) is 0.417. The van der Waals surface area contributed by atoms with Gasteiger partial charge in [-0.05, 0) is 65.5 Å². The Morgan fingerprint density at radius 2 is 1.36 bits per heavy atom. The van der Waals surface area contributed by atoms with Crippen LogP contribution in [0.15, 0.2) is 68.8 Å². The summed E-state index contributed by atoms with van der Waals surface area (Å²) in [5.41, 5.74) is 3.73. The van der Waals surface area contributed by atoms with Crippen LogP contribution in [0.5, 0.6) is 0 Å². The van der Waals surface area contributed by atoms with E-state index < -0.39 is 0 Å². The second-order valence-electron chi connectivity index (χ2n) is 7.72. The topological polar surface area (TPSA) is 44.0 Å². The molecule has 4 heteroatoms. The van der Waals surface area contributed by atoms with Gasteiger partial charge in [-0.2, -0.15) is 0 Å². The van der Waals surface area contributed by atoms with Crippen LogP contribution in [0.3, 0.4) is 0 Å². The van der Waals surface area contributed by atoms with E-state index in [2.05, 4.69) is 39.8 Å². The number of fused-ring (bicyclic) bond motifs is 1. The van der Waals surface area contributed by atoms with Gasteiger partial charge in [-0.3, -0.25) is 9.59 Å². The first-order valence-corrected chi connectivity index (χ1v) is 9.94. The van der Waals surface area contributed by atoms with Crippen LogP contribution in [0, 0.1) is 0 Å². The summed E-state index contributed by atoms with van der Waals surface area (Å²) in [6.07, 6.45) is 10.8. The molecule has 2 aromatic rings. The number of benzene rings is 1. The van der Waals surface area contributed by atoms with E-state index in [0.29, 0.717) is 17.3 Å². The Morgan fingerprint density at radius 3 is 1.96 bits per heavy atom. The number of hydrogen-bond acceptors (Lipinski definition) is 2. The van der Waals surface area contributed by atoms with Crippen LogP contribution >= 0.6 is 0 Å². The smallest absolute Gasteiger partial charge is 0.267 e. The first kappa shape index (κ1) is 21.7. The van der Waals surface area contributed by atoms with E-state index in [9.17, 15) is 9.59 Å². The summed E-state index contributed by atoms with van der Waals surface area (Å²) >= 11 is 0. The quantitative estimate of drug-likeness (QED) is 0.597. The molecule has 150 valence electrons. The molecule has 0 N–H and O–H groups in total. The zero-order valence-corrected chi connectivity index (χ0v) is 17.8. The molecule has 0 bridgehead atoms. The van der Waals surface area contributed by atoms with Crippen molar-refractivity contribution < 1.29 is 0 Å². The van der Waals surface area contributed by atoms with Crippen LogP contribution in [0.25, 0.3) is 10.8 Å². The maximum Gasteiger partial charge on any atom is 0.273 e. The number of allylic oxidation sites excluding steroid dienone is 6. The van der Waals surface area contributed by atoms with Crippen LogP contribution in [0.2, 0.25) is 0 Å². The highest BCUT2D eigenvalue weighted by atomic mass is 16.2. The Kier molecular flexibility index (Phi) is 7.80. The number of hydrogen-bond donors (Lipinski definition) is 0. The van der Waals surface area contributed by atoms with Crippen LogP contribution in [0.4, 0.5) is 0 Å². The molecular formula is C24H32N2O2. The molecule has 4 nitrogen and oxygen atoms in total. The molecule has 2 rings (SSSR count). The van der Waals surface area contributed by atoms with Gasteiger partial charge >= 0.3 is 0 Å². The summed E-state index contributed by atoms with van der Waals surface area (Å²) in [7, 11) is 1.65. The van der Waals surface area contributed by atoms with E-state index in [4.69, 9.17) is 0 Å². The van der Waals surface area contributed by atoms with Crippen molar-refractivity contribution in [2.45, 2.75) is 59.9 Å². The normalized spacial score (nSPS) is 12.5. The molecule has 0 unspecified atom stereocenters. The number of rotatable bonds is 8. The van der Waals surface area contributed by atoms with E-state index >= 15 is 0 Å². The van der Waals surface area contributed by atoms with Crippen molar-refractivity contribution in [3.05, 3.63) is 79.9 Å². The van der Waals surface area contributed by atoms with Gasteiger partial charge < -0.3 is 0 Å². The fourth-order valence-corrected chi connectivity index (χ4v) is 3.20. The van der Waals surface area contributed by atoms with Crippen molar-refractivity contribution in [1.29, 1.82) is 0 Å². The molecule has 0 saturated carbocycles. The summed E-state index contributed by atoms with van der Waals surface area (Å²) in [6, 6.07) is 7.00. The van der Waals surface area contributed by atoms with Crippen molar-refractivity contribution in [2.75, 3.05) is 0 Å². The third-order valence-electron chi connectivity index (χ3n) is 5.01. The lowest BCUT2D eigenvalue weighted by Gasteiger charge is -2.12. The van der Waals surface area contributed by atoms with E-state index in [1.54, 1.807) is 31.3 Å². The zero-order valence-electron chi connectivity index (χ0n) is 17.8. The summed E-state index contributed by atoms with van der Waals surface area (Å²) in [6.45, 7) is 8.93. The number of nitrogens with zero attached hydrogens (tertiary/aromatic N) is 2. The predicted molar refractivity (Wildman–Crippen MR) is 119 cm³/mol. The van der Waals surface area contributed by atoms with Gasteiger partial charge in [-0.15, -0.1) is 0 Å². The van der Waals surface area contributed by atoms with Gasteiger partial charge in [-0.25, -0.2) is 9.36 Å². The fourth-order valence-electron chi connectivity index (χ4n) is 3.20. The molecule has 0 amide bonds. The molecule has 0 radical (unpaired) electrons. The van der Waals surface area contributed by atoms with Crippen LogP contribution in [-0.2, 0) is 13.6 Å². The van der Waals surface area contributed by atoms with Gasteiger partial charge in [0.1, 0.15) is 0 Å². The van der Waals surface area contributed by atoms with Gasteiger partial charge in [0, 0.05) is 7.05 Å². The molecule has 0 aliphatic rings. The molecular weight excluding hydrogens is 348 g/mol. The van der Waals surface area contributed by atoms with Crippen molar-refractivity contribution in [2.24, 2.45) is 7.05 Å². The van der Waals surface area contributed by atoms with E-state index in [-0.39, 0.29) is 11.1 Å². The largest absolute Gasteiger partial charge is 0.273 e. The van der Waals surface area contributed by atoms with Gasteiger partial charge in [0.2, 0.25) is 0 Å². The summed E-state index contributed by atoms with van der Waals surface area (Å²) in [5, 5.41) is 0.951. The highest BCUT2D eigenvalue weighted by Crippen LogP contribution is 2.11.